The number of fused-ring (bicyclic) bond motifs is 1. The Morgan fingerprint density at radius 2 is 1.86 bits per heavy atom. The minimum Gasteiger partial charge on any atom is -0.490 e. The summed E-state index contributed by atoms with van der Waals surface area (Å²) in [6.07, 6.45) is 6.13. The Bertz CT molecular complexity index is 856. The summed E-state index contributed by atoms with van der Waals surface area (Å²) in [5, 5.41) is 5.21. The highest BCUT2D eigenvalue weighted by atomic mass is 16.6. The van der Waals surface area contributed by atoms with Gasteiger partial charge in [-0.3, -0.25) is 0 Å². The summed E-state index contributed by atoms with van der Waals surface area (Å²) < 4.78 is 11.4. The Labute approximate surface area is 167 Å². The normalized spacial score (nSPS) is 28.6. The molecule has 1 heterocycles. The number of alkyl carbamates (subject to hydrolysis) is 1. The van der Waals surface area contributed by atoms with Crippen LogP contribution in [0.5, 0.6) is 5.75 Å². The van der Waals surface area contributed by atoms with E-state index in [4.69, 9.17) is 9.47 Å². The highest BCUT2D eigenvalue weighted by molar-refractivity contribution is 5.85. The van der Waals surface area contributed by atoms with Gasteiger partial charge in [0.1, 0.15) is 12.4 Å². The molecule has 4 nitrogen and oxygen atoms in total. The Morgan fingerprint density at radius 3 is 2.54 bits per heavy atom. The van der Waals surface area contributed by atoms with Gasteiger partial charge in [-0.05, 0) is 79.0 Å². The van der Waals surface area contributed by atoms with Crippen LogP contribution in [-0.2, 0) is 10.3 Å². The van der Waals surface area contributed by atoms with Gasteiger partial charge < -0.3 is 14.8 Å². The van der Waals surface area contributed by atoms with Crippen LogP contribution in [0.15, 0.2) is 36.4 Å². The molecule has 28 heavy (non-hydrogen) atoms. The molecular weight excluding hydrogens is 350 g/mol. The molecule has 0 spiro atoms. The quantitative estimate of drug-likeness (QED) is 0.714. The van der Waals surface area contributed by atoms with Crippen molar-refractivity contribution in [2.75, 3.05) is 6.61 Å². The average molecular weight is 382 g/mol. The first-order valence-electron chi connectivity index (χ1n) is 10.6. The van der Waals surface area contributed by atoms with E-state index >= 15 is 0 Å². The number of nitrogens with one attached hydrogen (secondary N) is 1. The number of carbonyl (C=O) groups excluding carboxylic acids is 1. The maximum absolute atomic E-state index is 11.5. The van der Waals surface area contributed by atoms with E-state index in [0.29, 0.717) is 12.7 Å². The third-order valence-electron chi connectivity index (χ3n) is 6.79. The molecule has 2 aromatic carbocycles. The molecule has 4 rings (SSSR count). The summed E-state index contributed by atoms with van der Waals surface area (Å²) in [4.78, 5) is 11.5. The monoisotopic (exact) mass is 381 g/mol. The van der Waals surface area contributed by atoms with E-state index in [1.54, 1.807) is 0 Å². The van der Waals surface area contributed by atoms with Gasteiger partial charge in [0.25, 0.3) is 0 Å². The van der Waals surface area contributed by atoms with Crippen molar-refractivity contribution in [3.05, 3.63) is 42.0 Å². The zero-order valence-corrected chi connectivity index (χ0v) is 17.2. The smallest absolute Gasteiger partial charge is 0.408 e. The molecule has 1 aliphatic carbocycles. The van der Waals surface area contributed by atoms with Crippen LogP contribution in [0.2, 0.25) is 0 Å². The molecule has 4 heteroatoms. The van der Waals surface area contributed by atoms with Crippen molar-refractivity contribution in [1.29, 1.82) is 0 Å². The predicted octanol–water partition coefficient (Wildman–Crippen LogP) is 5.78. The lowest BCUT2D eigenvalue weighted by Crippen LogP contribution is -2.37. The molecule has 150 valence electrons. The zero-order chi connectivity index (χ0) is 19.7. The van der Waals surface area contributed by atoms with Gasteiger partial charge in [-0.15, -0.1) is 0 Å². The number of hydrogen-bond donors (Lipinski definition) is 1. The molecule has 1 N–H and O–H groups in total. The second-order valence-corrected chi connectivity index (χ2v) is 8.80. The molecule has 0 bridgehead atoms. The number of ether oxygens (including phenoxy) is 2. The molecule has 1 saturated carbocycles. The Morgan fingerprint density at radius 1 is 1.14 bits per heavy atom. The van der Waals surface area contributed by atoms with Crippen molar-refractivity contribution in [2.24, 2.45) is 11.8 Å². The van der Waals surface area contributed by atoms with Crippen molar-refractivity contribution in [2.45, 2.75) is 64.5 Å². The van der Waals surface area contributed by atoms with Gasteiger partial charge in [0.05, 0.1) is 11.6 Å². The molecule has 2 aromatic rings. The number of hydrogen-bond acceptors (Lipinski definition) is 3. The van der Waals surface area contributed by atoms with Crippen LogP contribution in [-0.4, -0.2) is 18.8 Å². The Balaban J connectivity index is 1.44. The fraction of sp³-hybridized carbons (Fsp3) is 0.542. The largest absolute Gasteiger partial charge is 0.490 e. The predicted molar refractivity (Wildman–Crippen MR) is 112 cm³/mol. The fourth-order valence-corrected chi connectivity index (χ4v) is 4.60. The first kappa shape index (κ1) is 19.1. The summed E-state index contributed by atoms with van der Waals surface area (Å²) >= 11 is 0. The van der Waals surface area contributed by atoms with E-state index in [0.717, 1.165) is 46.8 Å². The third-order valence-corrected chi connectivity index (χ3v) is 6.79. The minimum atomic E-state index is -0.464. The first-order chi connectivity index (χ1) is 13.5. The van der Waals surface area contributed by atoms with Crippen LogP contribution in [0.3, 0.4) is 0 Å². The van der Waals surface area contributed by atoms with Gasteiger partial charge in [-0.1, -0.05) is 38.5 Å². The van der Waals surface area contributed by atoms with Crippen LogP contribution in [0, 0.1) is 11.8 Å². The summed E-state index contributed by atoms with van der Waals surface area (Å²) in [6.45, 7) is 7.03. The molecule has 0 aromatic heterocycles. The Hall–Kier alpha value is -2.23. The van der Waals surface area contributed by atoms with Crippen molar-refractivity contribution >= 4 is 16.9 Å². The van der Waals surface area contributed by atoms with E-state index in [1.807, 2.05) is 6.92 Å². The van der Waals surface area contributed by atoms with Gasteiger partial charge in [0.2, 0.25) is 0 Å². The molecule has 0 radical (unpaired) electrons. The molecule has 2 atom stereocenters. The maximum Gasteiger partial charge on any atom is 0.408 e. The first-order valence-corrected chi connectivity index (χ1v) is 10.6. The van der Waals surface area contributed by atoms with E-state index in [2.05, 4.69) is 55.6 Å². The topological polar surface area (TPSA) is 47.6 Å². The number of carbonyl (C=O) groups is 1. The molecule has 1 saturated heterocycles. The van der Waals surface area contributed by atoms with Crippen molar-refractivity contribution in [1.82, 2.24) is 5.32 Å². The lowest BCUT2D eigenvalue weighted by Gasteiger charge is -2.32. The van der Waals surface area contributed by atoms with Gasteiger partial charge in [0.15, 0.2) is 0 Å². The second kappa shape index (κ2) is 7.65. The molecule has 2 fully saturated rings. The molecule has 1 unspecified atom stereocenters. The van der Waals surface area contributed by atoms with Crippen LogP contribution >= 0.6 is 0 Å². The third kappa shape index (κ3) is 3.82. The van der Waals surface area contributed by atoms with E-state index < -0.39 is 5.54 Å². The lowest BCUT2D eigenvalue weighted by atomic mass is 9.79. The molecular formula is C24H31NO3. The summed E-state index contributed by atoms with van der Waals surface area (Å²) in [7, 11) is 0. The van der Waals surface area contributed by atoms with Crippen molar-refractivity contribution in [3.63, 3.8) is 0 Å². The maximum atomic E-state index is 11.5. The highest BCUT2D eigenvalue weighted by Gasteiger charge is 2.36. The standard InChI is InChI=1S/C24H31NO3/c1-4-16(2)17-6-10-21(11-7-17)28-22-12-8-18-13-20(9-5-19(18)14-22)24(3)15-27-23(26)25-24/h5,8-9,12-14,16-17,21H,4,6-7,10-11,15H2,1-3H3,(H,25,26)/t16?,17?,21?,24-/m0/s1. The second-order valence-electron chi connectivity index (χ2n) is 8.80. The summed E-state index contributed by atoms with van der Waals surface area (Å²) in [6, 6.07) is 12.6. The highest BCUT2D eigenvalue weighted by Crippen LogP contribution is 2.34. The average Bonchev–Trinajstić information content (AvgIpc) is 3.07. The minimum absolute atomic E-state index is 0.335. The summed E-state index contributed by atoms with van der Waals surface area (Å²) in [5.41, 5.74) is 0.595. The molecule has 2 aliphatic rings. The van der Waals surface area contributed by atoms with Gasteiger partial charge in [-0.25, -0.2) is 4.79 Å². The number of benzene rings is 2. The van der Waals surface area contributed by atoms with Crippen LogP contribution < -0.4 is 10.1 Å². The Kier molecular flexibility index (Phi) is 5.22. The number of amides is 1. The summed E-state index contributed by atoms with van der Waals surface area (Å²) in [5.74, 6) is 2.64. The van der Waals surface area contributed by atoms with Crippen LogP contribution in [0.4, 0.5) is 4.79 Å². The van der Waals surface area contributed by atoms with Crippen molar-refractivity contribution < 1.29 is 14.3 Å². The fourth-order valence-electron chi connectivity index (χ4n) is 4.60. The zero-order valence-electron chi connectivity index (χ0n) is 17.2. The lowest BCUT2D eigenvalue weighted by molar-refractivity contribution is 0.113. The van der Waals surface area contributed by atoms with E-state index in [9.17, 15) is 4.79 Å². The molecule has 1 amide bonds. The number of rotatable bonds is 5. The van der Waals surface area contributed by atoms with E-state index in [-0.39, 0.29) is 6.09 Å². The van der Waals surface area contributed by atoms with Gasteiger partial charge in [-0.2, -0.15) is 0 Å². The van der Waals surface area contributed by atoms with Gasteiger partial charge in [0, 0.05) is 0 Å². The molecule has 1 aliphatic heterocycles. The number of cyclic esters (lactones) is 1. The van der Waals surface area contributed by atoms with Crippen LogP contribution in [0.1, 0.15) is 58.4 Å². The van der Waals surface area contributed by atoms with E-state index in [1.165, 1.54) is 19.3 Å². The SMILES string of the molecule is CCC(C)C1CCC(Oc2ccc3cc([C@]4(C)COC(=O)N4)ccc3c2)CC1. The van der Waals surface area contributed by atoms with Crippen molar-refractivity contribution in [3.8, 4) is 5.75 Å². The van der Waals surface area contributed by atoms with Gasteiger partial charge >= 0.3 is 6.09 Å². The van der Waals surface area contributed by atoms with Crippen LogP contribution in [0.25, 0.3) is 10.8 Å².